The molecule has 156 valence electrons. The highest BCUT2D eigenvalue weighted by Gasteiger charge is 2.43. The Morgan fingerprint density at radius 1 is 0.933 bits per heavy atom. The number of anilines is 1. The van der Waals surface area contributed by atoms with Gasteiger partial charge in [-0.1, -0.05) is 30.3 Å². The van der Waals surface area contributed by atoms with Gasteiger partial charge in [-0.15, -0.1) is 0 Å². The van der Waals surface area contributed by atoms with Crippen LogP contribution in [0.2, 0.25) is 0 Å². The Labute approximate surface area is 174 Å². The zero-order valence-corrected chi connectivity index (χ0v) is 16.9. The Bertz CT molecular complexity index is 1010. The summed E-state index contributed by atoms with van der Waals surface area (Å²) in [5.74, 6) is -3.19. The van der Waals surface area contributed by atoms with Crippen LogP contribution in [0.3, 0.4) is 0 Å². The molecule has 4 rings (SSSR count). The quantitative estimate of drug-likeness (QED) is 0.725. The van der Waals surface area contributed by atoms with Crippen LogP contribution in [-0.4, -0.2) is 54.8 Å². The highest BCUT2D eigenvalue weighted by atomic mass is 19.2. The third-order valence-electron chi connectivity index (χ3n) is 5.87. The van der Waals surface area contributed by atoms with E-state index in [0.717, 1.165) is 43.0 Å². The smallest absolute Gasteiger partial charge is 0.282 e. The second-order valence-corrected chi connectivity index (χ2v) is 7.78. The fourth-order valence-corrected chi connectivity index (χ4v) is 4.13. The molecule has 2 aromatic rings. The first-order valence-corrected chi connectivity index (χ1v) is 9.93. The van der Waals surface area contributed by atoms with E-state index in [-0.39, 0.29) is 17.3 Å². The van der Waals surface area contributed by atoms with Gasteiger partial charge in [-0.05, 0) is 50.7 Å². The number of nitrogens with zero attached hydrogens (tertiary/aromatic N) is 3. The standard InChI is InChI=1S/C23H23F2N3O2/c1-26-12-10-16(11-13-26)27(2)21-20(15-6-4-3-5-7-15)22(29)28(23(21)30)17-8-9-18(24)19(25)14-17/h3-9,14,16H,10-13H2,1-2H3. The van der Waals surface area contributed by atoms with Crippen molar-refractivity contribution in [3.05, 3.63) is 71.4 Å². The highest BCUT2D eigenvalue weighted by Crippen LogP contribution is 2.36. The maximum Gasteiger partial charge on any atom is 0.282 e. The van der Waals surface area contributed by atoms with Gasteiger partial charge in [0.2, 0.25) is 0 Å². The molecule has 1 saturated heterocycles. The van der Waals surface area contributed by atoms with E-state index in [0.29, 0.717) is 11.3 Å². The Hall–Kier alpha value is -3.06. The summed E-state index contributed by atoms with van der Waals surface area (Å²) in [6.45, 7) is 1.80. The molecule has 30 heavy (non-hydrogen) atoms. The number of hydrogen-bond donors (Lipinski definition) is 0. The molecule has 1 fully saturated rings. The first kappa shape index (κ1) is 20.2. The molecule has 5 nitrogen and oxygen atoms in total. The van der Waals surface area contributed by atoms with Crippen LogP contribution in [0.4, 0.5) is 14.5 Å². The molecular formula is C23H23F2N3O2. The predicted octanol–water partition coefficient (Wildman–Crippen LogP) is 3.28. The second kappa shape index (κ2) is 7.99. The van der Waals surface area contributed by atoms with Crippen LogP contribution >= 0.6 is 0 Å². The molecule has 0 aromatic heterocycles. The zero-order chi connectivity index (χ0) is 21.4. The van der Waals surface area contributed by atoms with Crippen LogP contribution in [0, 0.1) is 11.6 Å². The van der Waals surface area contributed by atoms with Gasteiger partial charge >= 0.3 is 0 Å². The molecule has 2 aromatic carbocycles. The van der Waals surface area contributed by atoms with E-state index < -0.39 is 23.4 Å². The molecule has 0 atom stereocenters. The number of benzene rings is 2. The molecule has 0 bridgehead atoms. The Morgan fingerprint density at radius 3 is 2.23 bits per heavy atom. The fourth-order valence-electron chi connectivity index (χ4n) is 4.13. The van der Waals surface area contributed by atoms with E-state index in [9.17, 15) is 18.4 Å². The lowest BCUT2D eigenvalue weighted by atomic mass is 10.0. The fraction of sp³-hybridized carbons (Fsp3) is 0.304. The molecule has 2 aliphatic rings. The second-order valence-electron chi connectivity index (χ2n) is 7.78. The van der Waals surface area contributed by atoms with Gasteiger partial charge in [-0.3, -0.25) is 9.59 Å². The summed E-state index contributed by atoms with van der Waals surface area (Å²) in [5, 5.41) is 0. The summed E-state index contributed by atoms with van der Waals surface area (Å²) >= 11 is 0. The van der Waals surface area contributed by atoms with E-state index in [1.54, 1.807) is 24.3 Å². The lowest BCUT2D eigenvalue weighted by molar-refractivity contribution is -0.120. The van der Waals surface area contributed by atoms with Crippen LogP contribution in [0.1, 0.15) is 18.4 Å². The molecule has 0 unspecified atom stereocenters. The van der Waals surface area contributed by atoms with Crippen molar-refractivity contribution < 1.29 is 18.4 Å². The first-order chi connectivity index (χ1) is 14.4. The number of piperidine rings is 1. The van der Waals surface area contributed by atoms with Gasteiger partial charge in [0.15, 0.2) is 11.6 Å². The van der Waals surface area contributed by atoms with Gasteiger partial charge in [0.25, 0.3) is 11.8 Å². The number of carbonyl (C=O) groups excluding carboxylic acids is 2. The number of imide groups is 1. The first-order valence-electron chi connectivity index (χ1n) is 9.93. The highest BCUT2D eigenvalue weighted by molar-refractivity contribution is 6.45. The van der Waals surface area contributed by atoms with Crippen LogP contribution < -0.4 is 4.90 Å². The van der Waals surface area contributed by atoms with Crippen LogP contribution in [0.25, 0.3) is 5.57 Å². The summed E-state index contributed by atoms with van der Waals surface area (Å²) in [7, 11) is 3.88. The lowest BCUT2D eigenvalue weighted by Gasteiger charge is -2.36. The van der Waals surface area contributed by atoms with Gasteiger partial charge in [-0.25, -0.2) is 13.7 Å². The van der Waals surface area contributed by atoms with Crippen LogP contribution in [0.15, 0.2) is 54.2 Å². The van der Waals surface area contributed by atoms with Crippen LogP contribution in [-0.2, 0) is 9.59 Å². The summed E-state index contributed by atoms with van der Waals surface area (Å²) < 4.78 is 27.3. The molecule has 2 amide bonds. The van der Waals surface area contributed by atoms with Gasteiger partial charge < -0.3 is 9.80 Å². The summed E-state index contributed by atoms with van der Waals surface area (Å²) in [4.78, 5) is 31.8. The SMILES string of the molecule is CN1CCC(N(C)C2=C(c3ccccc3)C(=O)N(c3ccc(F)c(F)c3)C2=O)CC1. The molecule has 0 N–H and O–H groups in total. The van der Waals surface area contributed by atoms with Crippen molar-refractivity contribution in [3.8, 4) is 0 Å². The van der Waals surface area contributed by atoms with Gasteiger partial charge in [0.05, 0.1) is 11.3 Å². The predicted molar refractivity (Wildman–Crippen MR) is 110 cm³/mol. The molecular weight excluding hydrogens is 388 g/mol. The number of amides is 2. The Kier molecular flexibility index (Phi) is 5.39. The average molecular weight is 411 g/mol. The maximum absolute atomic E-state index is 13.8. The van der Waals surface area contributed by atoms with Crippen LogP contribution in [0.5, 0.6) is 0 Å². The number of carbonyl (C=O) groups is 2. The zero-order valence-electron chi connectivity index (χ0n) is 16.9. The van der Waals surface area contributed by atoms with Gasteiger partial charge in [0.1, 0.15) is 5.70 Å². The van der Waals surface area contributed by atoms with Crippen molar-refractivity contribution in [2.75, 3.05) is 32.1 Å². The Balaban J connectivity index is 1.78. The third-order valence-corrected chi connectivity index (χ3v) is 5.87. The minimum absolute atomic E-state index is 0.0177. The molecule has 7 heteroatoms. The van der Waals surface area contributed by atoms with E-state index in [1.165, 1.54) is 6.07 Å². The van der Waals surface area contributed by atoms with Crippen molar-refractivity contribution in [2.45, 2.75) is 18.9 Å². The number of hydrogen-bond acceptors (Lipinski definition) is 4. The van der Waals surface area contributed by atoms with E-state index in [1.807, 2.05) is 18.0 Å². The van der Waals surface area contributed by atoms with E-state index in [4.69, 9.17) is 0 Å². The Morgan fingerprint density at radius 2 is 1.60 bits per heavy atom. The molecule has 0 saturated carbocycles. The molecule has 0 radical (unpaired) electrons. The van der Waals surface area contributed by atoms with E-state index >= 15 is 0 Å². The number of likely N-dealkylation sites (N-methyl/N-ethyl adjacent to an activating group) is 1. The minimum Gasteiger partial charge on any atom is -0.366 e. The van der Waals surface area contributed by atoms with Crippen molar-refractivity contribution >= 4 is 23.1 Å². The largest absolute Gasteiger partial charge is 0.366 e. The number of likely N-dealkylation sites (tertiary alicyclic amines) is 1. The van der Waals surface area contributed by atoms with Crippen molar-refractivity contribution in [2.24, 2.45) is 0 Å². The monoisotopic (exact) mass is 411 g/mol. The summed E-state index contributed by atoms with van der Waals surface area (Å²) in [6.07, 6.45) is 1.73. The molecule has 2 heterocycles. The normalized spacial score (nSPS) is 18.5. The molecule has 0 spiro atoms. The van der Waals surface area contributed by atoms with E-state index in [2.05, 4.69) is 11.9 Å². The van der Waals surface area contributed by atoms with Gasteiger partial charge in [0, 0.05) is 19.2 Å². The lowest BCUT2D eigenvalue weighted by Crippen LogP contribution is -2.43. The van der Waals surface area contributed by atoms with Crippen molar-refractivity contribution in [1.82, 2.24) is 9.80 Å². The van der Waals surface area contributed by atoms with Crippen molar-refractivity contribution in [3.63, 3.8) is 0 Å². The van der Waals surface area contributed by atoms with Gasteiger partial charge in [-0.2, -0.15) is 0 Å². The minimum atomic E-state index is -1.11. The number of halogens is 2. The average Bonchev–Trinajstić information content (AvgIpc) is 3.01. The molecule has 0 aliphatic carbocycles. The third kappa shape index (κ3) is 3.50. The van der Waals surface area contributed by atoms with Crippen molar-refractivity contribution in [1.29, 1.82) is 0 Å². The molecule has 2 aliphatic heterocycles. The maximum atomic E-state index is 13.8. The summed E-state index contributed by atoms with van der Waals surface area (Å²) in [5.41, 5.74) is 1.22. The topological polar surface area (TPSA) is 43.9 Å². The summed E-state index contributed by atoms with van der Waals surface area (Å²) in [6, 6.07) is 12.1. The number of rotatable bonds is 4.